The minimum absolute atomic E-state index is 0.498. The van der Waals surface area contributed by atoms with E-state index in [1.807, 2.05) is 18.2 Å². The highest BCUT2D eigenvalue weighted by Gasteiger charge is 1.93. The number of rotatable bonds is 15. The second-order valence-corrected chi connectivity index (χ2v) is 6.45. The largest absolute Gasteiger partial charge is 0.265 e. The Labute approximate surface area is 149 Å². The maximum absolute atomic E-state index is 8.16. The molecular weight excluding hydrogens is 298 g/mol. The second-order valence-electron chi connectivity index (χ2n) is 6.45. The van der Waals surface area contributed by atoms with Crippen LogP contribution in [0, 0.1) is 0 Å². The molecule has 0 saturated heterocycles. The molecule has 0 aliphatic rings. The molecule has 1 aromatic heterocycles. The molecule has 140 valence electrons. The molecule has 1 rings (SSSR count). The standard InChI is InChI=1S/C16H34O2.C5H5N/c1-2-3-4-5-6-7-8-9-10-11-12-13-14-15-16-18-17;1-2-4-6-5-3-1/h17H,2-16H2,1H3;1-5H. The van der Waals surface area contributed by atoms with Gasteiger partial charge < -0.3 is 0 Å². The van der Waals surface area contributed by atoms with Crippen LogP contribution in [-0.2, 0) is 4.89 Å². The smallest absolute Gasteiger partial charge is 0.0819 e. The molecule has 1 aromatic rings. The van der Waals surface area contributed by atoms with Crippen molar-refractivity contribution in [2.45, 2.75) is 96.8 Å². The Morgan fingerprint density at radius 2 is 1.04 bits per heavy atom. The van der Waals surface area contributed by atoms with Gasteiger partial charge in [0.05, 0.1) is 6.61 Å². The third-order valence-corrected chi connectivity index (χ3v) is 4.16. The normalized spacial score (nSPS) is 10.2. The first-order valence-corrected chi connectivity index (χ1v) is 10.0. The van der Waals surface area contributed by atoms with E-state index in [4.69, 9.17) is 5.26 Å². The van der Waals surface area contributed by atoms with Crippen LogP contribution in [0.1, 0.15) is 96.8 Å². The van der Waals surface area contributed by atoms with E-state index in [0.717, 1.165) is 6.42 Å². The Kier molecular flexibility index (Phi) is 21.2. The third kappa shape index (κ3) is 21.1. The Morgan fingerprint density at radius 1 is 0.625 bits per heavy atom. The first kappa shape index (κ1) is 23.1. The number of aromatic nitrogens is 1. The lowest BCUT2D eigenvalue weighted by atomic mass is 10.0. The maximum Gasteiger partial charge on any atom is 0.0819 e. The van der Waals surface area contributed by atoms with Crippen molar-refractivity contribution in [3.8, 4) is 0 Å². The zero-order chi connectivity index (χ0) is 17.6. The topological polar surface area (TPSA) is 42.4 Å². The number of unbranched alkanes of at least 4 members (excludes halogenated alkanes) is 13. The number of hydrogen-bond donors (Lipinski definition) is 1. The summed E-state index contributed by atoms with van der Waals surface area (Å²) in [5.74, 6) is 0. The van der Waals surface area contributed by atoms with Crippen LogP contribution in [0.4, 0.5) is 0 Å². The van der Waals surface area contributed by atoms with Gasteiger partial charge in [-0.05, 0) is 18.6 Å². The first-order valence-electron chi connectivity index (χ1n) is 10.0. The van der Waals surface area contributed by atoms with Gasteiger partial charge in [-0.1, -0.05) is 96.5 Å². The molecule has 0 aliphatic heterocycles. The highest BCUT2D eigenvalue weighted by Crippen LogP contribution is 2.12. The molecule has 0 atom stereocenters. The summed E-state index contributed by atoms with van der Waals surface area (Å²) in [7, 11) is 0. The van der Waals surface area contributed by atoms with Gasteiger partial charge in [0.2, 0.25) is 0 Å². The third-order valence-electron chi connectivity index (χ3n) is 4.16. The van der Waals surface area contributed by atoms with Crippen molar-refractivity contribution >= 4 is 0 Å². The quantitative estimate of drug-likeness (QED) is 0.212. The summed E-state index contributed by atoms with van der Waals surface area (Å²) in [4.78, 5) is 7.83. The SMILES string of the molecule is CCCCCCCCCCCCCCCCOO.c1ccncc1. The molecule has 0 aromatic carbocycles. The first-order chi connectivity index (χ1) is 11.9. The van der Waals surface area contributed by atoms with Crippen LogP contribution in [-0.4, -0.2) is 16.8 Å². The van der Waals surface area contributed by atoms with Crippen LogP contribution in [0.15, 0.2) is 30.6 Å². The fourth-order valence-corrected chi connectivity index (χ4v) is 2.67. The van der Waals surface area contributed by atoms with Gasteiger partial charge in [0.15, 0.2) is 0 Å². The molecular formula is C21H39NO2. The van der Waals surface area contributed by atoms with Gasteiger partial charge in [-0.3, -0.25) is 10.2 Å². The van der Waals surface area contributed by atoms with Crippen molar-refractivity contribution in [1.82, 2.24) is 4.98 Å². The van der Waals surface area contributed by atoms with Crippen LogP contribution in [0.5, 0.6) is 0 Å². The number of nitrogens with zero attached hydrogens (tertiary/aromatic N) is 1. The summed E-state index contributed by atoms with van der Waals surface area (Å²) >= 11 is 0. The van der Waals surface area contributed by atoms with Crippen molar-refractivity contribution in [3.05, 3.63) is 30.6 Å². The molecule has 0 fully saturated rings. The van der Waals surface area contributed by atoms with Crippen LogP contribution in [0.25, 0.3) is 0 Å². The van der Waals surface area contributed by atoms with Crippen molar-refractivity contribution in [2.24, 2.45) is 0 Å². The summed E-state index contributed by atoms with van der Waals surface area (Å²) in [6.45, 7) is 2.77. The Bertz CT molecular complexity index is 263. The minimum atomic E-state index is 0.498. The molecule has 1 heterocycles. The number of pyridine rings is 1. The van der Waals surface area contributed by atoms with Crippen LogP contribution >= 0.6 is 0 Å². The van der Waals surface area contributed by atoms with Gasteiger partial charge in [0.1, 0.15) is 0 Å². The number of hydrogen-bond acceptors (Lipinski definition) is 3. The molecule has 0 aliphatic carbocycles. The summed E-state index contributed by atoms with van der Waals surface area (Å²) in [6, 6.07) is 5.72. The van der Waals surface area contributed by atoms with E-state index in [9.17, 15) is 0 Å². The second kappa shape index (κ2) is 22.1. The molecule has 0 unspecified atom stereocenters. The summed E-state index contributed by atoms with van der Waals surface area (Å²) < 4.78 is 0. The van der Waals surface area contributed by atoms with Gasteiger partial charge in [0, 0.05) is 12.4 Å². The Hall–Kier alpha value is -0.930. The summed E-state index contributed by atoms with van der Waals surface area (Å²) in [5, 5.41) is 8.16. The monoisotopic (exact) mass is 337 g/mol. The molecule has 0 saturated carbocycles. The Balaban J connectivity index is 0.000000728. The fraction of sp³-hybridized carbons (Fsp3) is 0.762. The van der Waals surface area contributed by atoms with Gasteiger partial charge in [-0.25, -0.2) is 4.89 Å². The van der Waals surface area contributed by atoms with Crippen LogP contribution in [0.2, 0.25) is 0 Å². The van der Waals surface area contributed by atoms with E-state index in [1.54, 1.807) is 12.4 Å². The van der Waals surface area contributed by atoms with Crippen LogP contribution in [0.3, 0.4) is 0 Å². The Morgan fingerprint density at radius 3 is 1.33 bits per heavy atom. The average molecular weight is 338 g/mol. The van der Waals surface area contributed by atoms with Crippen molar-refractivity contribution in [1.29, 1.82) is 0 Å². The lowest BCUT2D eigenvalue weighted by Crippen LogP contribution is -1.88. The molecule has 0 spiro atoms. The fourth-order valence-electron chi connectivity index (χ4n) is 2.67. The van der Waals surface area contributed by atoms with E-state index in [-0.39, 0.29) is 0 Å². The van der Waals surface area contributed by atoms with Crippen molar-refractivity contribution < 1.29 is 10.1 Å². The van der Waals surface area contributed by atoms with Gasteiger partial charge >= 0.3 is 0 Å². The van der Waals surface area contributed by atoms with E-state index in [1.165, 1.54) is 83.5 Å². The molecule has 0 amide bonds. The highest BCUT2D eigenvalue weighted by atomic mass is 17.1. The molecule has 1 N–H and O–H groups in total. The lowest BCUT2D eigenvalue weighted by molar-refractivity contribution is -0.242. The van der Waals surface area contributed by atoms with E-state index < -0.39 is 0 Å². The lowest BCUT2D eigenvalue weighted by Gasteiger charge is -2.02. The van der Waals surface area contributed by atoms with Gasteiger partial charge in [0.25, 0.3) is 0 Å². The minimum Gasteiger partial charge on any atom is -0.265 e. The maximum atomic E-state index is 8.16. The van der Waals surface area contributed by atoms with Gasteiger partial charge in [-0.2, -0.15) is 0 Å². The van der Waals surface area contributed by atoms with Crippen molar-refractivity contribution in [3.63, 3.8) is 0 Å². The molecule has 0 bridgehead atoms. The predicted molar refractivity (Wildman–Crippen MR) is 103 cm³/mol. The molecule has 3 heteroatoms. The predicted octanol–water partition coefficient (Wildman–Crippen LogP) is 7.04. The molecule has 24 heavy (non-hydrogen) atoms. The van der Waals surface area contributed by atoms with Crippen molar-refractivity contribution in [2.75, 3.05) is 6.61 Å². The zero-order valence-electron chi connectivity index (χ0n) is 15.8. The van der Waals surface area contributed by atoms with E-state index >= 15 is 0 Å². The zero-order valence-corrected chi connectivity index (χ0v) is 15.8. The summed E-state index contributed by atoms with van der Waals surface area (Å²) in [5.41, 5.74) is 0. The average Bonchev–Trinajstić information content (AvgIpc) is 2.64. The van der Waals surface area contributed by atoms with E-state index in [0.29, 0.717) is 6.61 Å². The summed E-state index contributed by atoms with van der Waals surface area (Å²) in [6.07, 6.45) is 22.5. The molecule has 3 nitrogen and oxygen atoms in total. The van der Waals surface area contributed by atoms with E-state index in [2.05, 4.69) is 16.8 Å². The molecule has 0 radical (unpaired) electrons. The van der Waals surface area contributed by atoms with Gasteiger partial charge in [-0.15, -0.1) is 0 Å². The van der Waals surface area contributed by atoms with Crippen LogP contribution < -0.4 is 0 Å². The highest BCUT2D eigenvalue weighted by molar-refractivity contribution is 4.88.